The average molecular weight is 350 g/mol. The fourth-order valence-corrected chi connectivity index (χ4v) is 3.70. The number of hydrogen-bond donors (Lipinski definition) is 1. The predicted octanol–water partition coefficient (Wildman–Crippen LogP) is 3.66. The summed E-state index contributed by atoms with van der Waals surface area (Å²) in [4.78, 5) is 29.1. The van der Waals surface area contributed by atoms with E-state index < -0.39 is 0 Å². The Kier molecular flexibility index (Phi) is 5.80. The van der Waals surface area contributed by atoms with Crippen LogP contribution in [0.5, 0.6) is 0 Å². The van der Waals surface area contributed by atoms with Crippen molar-refractivity contribution in [2.45, 2.75) is 49.3 Å². The van der Waals surface area contributed by atoms with Crippen LogP contribution in [0.1, 0.15) is 33.6 Å². The molecule has 1 aliphatic heterocycles. The Morgan fingerprint density at radius 3 is 2.38 bits per heavy atom. The van der Waals surface area contributed by atoms with Crippen molar-refractivity contribution < 1.29 is 9.59 Å². The van der Waals surface area contributed by atoms with Gasteiger partial charge in [-0.25, -0.2) is 4.79 Å². The zero-order valence-corrected chi connectivity index (χ0v) is 15.9. The molecule has 1 saturated heterocycles. The molecular formula is C18H27N3O2S. The number of carbonyl (C=O) groups excluding carboxylic acids is 2. The van der Waals surface area contributed by atoms with Gasteiger partial charge in [0.05, 0.1) is 0 Å². The highest BCUT2D eigenvalue weighted by Gasteiger charge is 2.34. The van der Waals surface area contributed by atoms with Crippen molar-refractivity contribution in [1.82, 2.24) is 9.80 Å². The van der Waals surface area contributed by atoms with E-state index in [-0.39, 0.29) is 22.7 Å². The zero-order chi connectivity index (χ0) is 17.9. The van der Waals surface area contributed by atoms with E-state index in [0.717, 1.165) is 18.5 Å². The summed E-state index contributed by atoms with van der Waals surface area (Å²) in [6.07, 6.45) is 1.59. The number of benzene rings is 1. The van der Waals surface area contributed by atoms with Crippen LogP contribution in [0.2, 0.25) is 0 Å². The van der Waals surface area contributed by atoms with Crippen LogP contribution in [0.4, 0.5) is 10.5 Å². The first-order chi connectivity index (χ1) is 11.2. The normalized spacial score (nSPS) is 17.7. The molecule has 132 valence electrons. The quantitative estimate of drug-likeness (QED) is 0.847. The smallest absolute Gasteiger partial charge is 0.322 e. The maximum atomic E-state index is 12.5. The molecule has 6 heteroatoms. The summed E-state index contributed by atoms with van der Waals surface area (Å²) >= 11 is 1.79. The lowest BCUT2D eigenvalue weighted by molar-refractivity contribution is -0.132. The monoisotopic (exact) mass is 349 g/mol. The zero-order valence-electron chi connectivity index (χ0n) is 15.1. The molecule has 0 saturated carbocycles. The van der Waals surface area contributed by atoms with Crippen molar-refractivity contribution in [2.24, 2.45) is 0 Å². The Morgan fingerprint density at radius 1 is 1.21 bits per heavy atom. The second kappa shape index (κ2) is 7.47. The maximum absolute atomic E-state index is 12.5. The van der Waals surface area contributed by atoms with E-state index in [1.165, 1.54) is 4.90 Å². The number of likely N-dealkylation sites (N-methyl/N-ethyl adjacent to an activating group) is 1. The van der Waals surface area contributed by atoms with Crippen molar-refractivity contribution in [1.29, 1.82) is 0 Å². The molecule has 0 unspecified atom stereocenters. The Balaban J connectivity index is 2.00. The highest BCUT2D eigenvalue weighted by Crippen LogP contribution is 2.32. The molecule has 1 N–H and O–H groups in total. The molecule has 1 atom stereocenters. The van der Waals surface area contributed by atoms with Crippen molar-refractivity contribution in [2.75, 3.05) is 26.0 Å². The van der Waals surface area contributed by atoms with Gasteiger partial charge in [0.2, 0.25) is 5.91 Å². The number of nitrogens with zero attached hydrogens (tertiary/aromatic N) is 2. The summed E-state index contributed by atoms with van der Waals surface area (Å²) in [6.45, 7) is 7.13. The second-order valence-corrected chi connectivity index (χ2v) is 9.15. The first-order valence-corrected chi connectivity index (χ1v) is 9.07. The molecule has 3 amide bonds. The van der Waals surface area contributed by atoms with Crippen molar-refractivity contribution >= 4 is 29.4 Å². The van der Waals surface area contributed by atoms with Crippen LogP contribution in [0.25, 0.3) is 0 Å². The number of carbonyl (C=O) groups is 2. The van der Waals surface area contributed by atoms with Gasteiger partial charge in [-0.15, -0.1) is 11.8 Å². The van der Waals surface area contributed by atoms with Crippen LogP contribution in [-0.4, -0.2) is 53.2 Å². The molecular weight excluding hydrogens is 322 g/mol. The van der Waals surface area contributed by atoms with E-state index in [4.69, 9.17) is 0 Å². The van der Waals surface area contributed by atoms with E-state index in [1.807, 2.05) is 24.3 Å². The molecule has 0 aliphatic carbocycles. The van der Waals surface area contributed by atoms with Gasteiger partial charge in [-0.1, -0.05) is 20.8 Å². The average Bonchev–Trinajstić information content (AvgIpc) is 2.96. The fourth-order valence-electron chi connectivity index (χ4n) is 2.72. The number of likely N-dealkylation sites (tertiary alicyclic amines) is 1. The first-order valence-electron chi connectivity index (χ1n) is 8.25. The molecule has 1 aliphatic rings. The summed E-state index contributed by atoms with van der Waals surface area (Å²) in [5, 5.41) is 2.90. The minimum Gasteiger partial charge on any atom is -0.347 e. The van der Waals surface area contributed by atoms with E-state index >= 15 is 0 Å². The standard InChI is InChI=1S/C18H27N3O2S/c1-18(2,3)24-14-10-8-13(9-11-14)19-17(23)21-12-6-7-15(21)16(22)20(4)5/h8-11,15H,6-7,12H2,1-5H3,(H,19,23)/t15-/m0/s1. The summed E-state index contributed by atoms with van der Waals surface area (Å²) in [7, 11) is 3.45. The van der Waals surface area contributed by atoms with Gasteiger partial charge < -0.3 is 15.1 Å². The maximum Gasteiger partial charge on any atom is 0.322 e. The van der Waals surface area contributed by atoms with Crippen LogP contribution in [-0.2, 0) is 4.79 Å². The largest absolute Gasteiger partial charge is 0.347 e. The van der Waals surface area contributed by atoms with Crippen LogP contribution in [0, 0.1) is 0 Å². The summed E-state index contributed by atoms with van der Waals surface area (Å²) < 4.78 is 0.153. The van der Waals surface area contributed by atoms with Crippen molar-refractivity contribution in [3.8, 4) is 0 Å². The van der Waals surface area contributed by atoms with Gasteiger partial charge in [0, 0.05) is 36.0 Å². The third-order valence-electron chi connectivity index (χ3n) is 3.77. The number of urea groups is 1. The molecule has 1 aromatic carbocycles. The number of thioether (sulfide) groups is 1. The van der Waals surface area contributed by atoms with E-state index in [2.05, 4.69) is 26.1 Å². The van der Waals surface area contributed by atoms with E-state index in [1.54, 1.807) is 35.7 Å². The molecule has 1 aromatic rings. The number of nitrogens with one attached hydrogen (secondary N) is 1. The molecule has 0 aromatic heterocycles. The second-order valence-electron chi connectivity index (χ2n) is 7.25. The Morgan fingerprint density at radius 2 is 1.83 bits per heavy atom. The molecule has 0 bridgehead atoms. The van der Waals surface area contributed by atoms with E-state index in [0.29, 0.717) is 6.54 Å². The van der Waals surface area contributed by atoms with Crippen LogP contribution < -0.4 is 5.32 Å². The minimum atomic E-state index is -0.351. The molecule has 0 spiro atoms. The van der Waals surface area contributed by atoms with Crippen molar-refractivity contribution in [3.63, 3.8) is 0 Å². The Labute approximate surface area is 148 Å². The van der Waals surface area contributed by atoms with Crippen LogP contribution >= 0.6 is 11.8 Å². The summed E-state index contributed by atoms with van der Waals surface area (Å²) in [5.41, 5.74) is 0.751. The van der Waals surface area contributed by atoms with Crippen molar-refractivity contribution in [3.05, 3.63) is 24.3 Å². The minimum absolute atomic E-state index is 0.0143. The summed E-state index contributed by atoms with van der Waals surface area (Å²) in [6, 6.07) is 7.28. The Bertz CT molecular complexity index is 593. The van der Waals surface area contributed by atoms with E-state index in [9.17, 15) is 9.59 Å². The number of hydrogen-bond acceptors (Lipinski definition) is 3. The van der Waals surface area contributed by atoms with Gasteiger partial charge in [-0.2, -0.15) is 0 Å². The lowest BCUT2D eigenvalue weighted by Gasteiger charge is -2.26. The van der Waals surface area contributed by atoms with Gasteiger partial charge in [-0.05, 0) is 37.1 Å². The van der Waals surface area contributed by atoms with Crippen LogP contribution in [0.15, 0.2) is 29.2 Å². The first kappa shape index (κ1) is 18.6. The van der Waals surface area contributed by atoms with Gasteiger partial charge in [0.15, 0.2) is 0 Å². The lowest BCUT2D eigenvalue weighted by atomic mass is 10.2. The predicted molar refractivity (Wildman–Crippen MR) is 99.5 cm³/mol. The summed E-state index contributed by atoms with van der Waals surface area (Å²) in [5.74, 6) is -0.0143. The molecule has 0 radical (unpaired) electrons. The van der Waals surface area contributed by atoms with Gasteiger partial charge >= 0.3 is 6.03 Å². The number of amides is 3. The molecule has 24 heavy (non-hydrogen) atoms. The topological polar surface area (TPSA) is 52.7 Å². The number of anilines is 1. The molecule has 5 nitrogen and oxygen atoms in total. The molecule has 1 heterocycles. The Hall–Kier alpha value is -1.69. The third kappa shape index (κ3) is 4.90. The fraction of sp³-hybridized carbons (Fsp3) is 0.556. The van der Waals surface area contributed by atoms with Crippen LogP contribution in [0.3, 0.4) is 0 Å². The molecule has 2 rings (SSSR count). The van der Waals surface area contributed by atoms with Gasteiger partial charge in [-0.3, -0.25) is 4.79 Å². The highest BCUT2D eigenvalue weighted by molar-refractivity contribution is 8.00. The van der Waals surface area contributed by atoms with Gasteiger partial charge in [0.25, 0.3) is 0 Å². The third-order valence-corrected chi connectivity index (χ3v) is 4.89. The SMILES string of the molecule is CN(C)C(=O)[C@@H]1CCCN1C(=O)Nc1ccc(SC(C)(C)C)cc1. The van der Waals surface area contributed by atoms with Gasteiger partial charge in [0.1, 0.15) is 6.04 Å². The molecule has 1 fully saturated rings. The highest BCUT2D eigenvalue weighted by atomic mass is 32.2. The lowest BCUT2D eigenvalue weighted by Crippen LogP contribution is -2.47. The number of rotatable bonds is 3.